The Hall–Kier alpha value is -2.71. The summed E-state index contributed by atoms with van der Waals surface area (Å²) >= 11 is 1.33. The minimum atomic E-state index is -0.0353. The number of carbonyl (C=O) groups excluding carboxylic acids is 1. The lowest BCUT2D eigenvalue weighted by Crippen LogP contribution is -3.07. The van der Waals surface area contributed by atoms with E-state index in [1.807, 2.05) is 30.3 Å². The van der Waals surface area contributed by atoms with Crippen molar-refractivity contribution >= 4 is 17.7 Å². The highest BCUT2D eigenvalue weighted by Gasteiger charge is 2.19. The number of thioether (sulfide) groups is 1. The first kappa shape index (κ1) is 22.0. The minimum absolute atomic E-state index is 0.0353. The van der Waals surface area contributed by atoms with Gasteiger partial charge in [-0.2, -0.15) is 4.68 Å². The number of carbonyl (C=O) groups is 1. The third-order valence-corrected chi connectivity index (χ3v) is 5.90. The van der Waals surface area contributed by atoms with Crippen molar-refractivity contribution in [3.8, 4) is 5.69 Å². The summed E-state index contributed by atoms with van der Waals surface area (Å²) in [6.45, 7) is 4.89. The molecule has 0 radical (unpaired) electrons. The number of nitrogens with zero attached hydrogens (tertiary/aromatic N) is 4. The maximum Gasteiger partial charge on any atom is 0.230 e. The molecule has 0 aliphatic rings. The average molecular weight is 426 g/mol. The number of benzene rings is 2. The molecule has 2 N–H and O–H groups in total. The summed E-state index contributed by atoms with van der Waals surface area (Å²) in [6.07, 6.45) is 0. The van der Waals surface area contributed by atoms with Crippen molar-refractivity contribution in [3.05, 3.63) is 65.7 Å². The maximum absolute atomic E-state index is 12.4. The number of amides is 1. The Labute approximate surface area is 181 Å². The lowest BCUT2D eigenvalue weighted by atomic mass is 10.0. The molecule has 0 saturated carbocycles. The molecule has 0 saturated heterocycles. The van der Waals surface area contributed by atoms with E-state index in [1.165, 1.54) is 27.8 Å². The highest BCUT2D eigenvalue weighted by molar-refractivity contribution is 7.99. The van der Waals surface area contributed by atoms with E-state index in [-0.39, 0.29) is 17.7 Å². The van der Waals surface area contributed by atoms with Gasteiger partial charge in [0.1, 0.15) is 6.04 Å². The van der Waals surface area contributed by atoms with Gasteiger partial charge in [-0.3, -0.25) is 4.79 Å². The number of hydrogen-bond acceptors (Lipinski definition) is 5. The van der Waals surface area contributed by atoms with Crippen molar-refractivity contribution < 1.29 is 9.69 Å². The van der Waals surface area contributed by atoms with Gasteiger partial charge in [0.05, 0.1) is 32.1 Å². The molecule has 0 aliphatic carbocycles. The molecule has 1 amide bonds. The molecule has 0 aliphatic heterocycles. The molecule has 1 heterocycles. The van der Waals surface area contributed by atoms with Gasteiger partial charge >= 0.3 is 0 Å². The molecule has 3 rings (SSSR count). The summed E-state index contributed by atoms with van der Waals surface area (Å²) in [4.78, 5) is 13.7. The molecule has 0 fully saturated rings. The third kappa shape index (κ3) is 5.67. The van der Waals surface area contributed by atoms with Gasteiger partial charge in [0.25, 0.3) is 0 Å². The van der Waals surface area contributed by atoms with Crippen LogP contribution in [0, 0.1) is 0 Å². The summed E-state index contributed by atoms with van der Waals surface area (Å²) in [5, 5.41) is 15.6. The lowest BCUT2D eigenvalue weighted by Gasteiger charge is -2.22. The molecule has 2 aromatic carbocycles. The number of hydrogen-bond donors (Lipinski definition) is 2. The summed E-state index contributed by atoms with van der Waals surface area (Å²) < 4.78 is 1.67. The highest BCUT2D eigenvalue weighted by atomic mass is 32.2. The molecule has 7 nitrogen and oxygen atoms in total. The van der Waals surface area contributed by atoms with Gasteiger partial charge in [0.15, 0.2) is 0 Å². The van der Waals surface area contributed by atoms with Crippen molar-refractivity contribution in [2.24, 2.45) is 0 Å². The van der Waals surface area contributed by atoms with Gasteiger partial charge in [-0.15, -0.1) is 5.10 Å². The summed E-state index contributed by atoms with van der Waals surface area (Å²) in [7, 11) is 4.19. The van der Waals surface area contributed by atoms with Crippen LogP contribution in [0.2, 0.25) is 0 Å². The van der Waals surface area contributed by atoms with E-state index in [1.54, 1.807) is 4.68 Å². The second kappa shape index (κ2) is 10.4. The van der Waals surface area contributed by atoms with Crippen LogP contribution in [0.1, 0.15) is 36.9 Å². The summed E-state index contributed by atoms with van der Waals surface area (Å²) in [6, 6.07) is 18.6. The van der Waals surface area contributed by atoms with E-state index in [4.69, 9.17) is 0 Å². The fourth-order valence-electron chi connectivity index (χ4n) is 3.17. The molecule has 3 aromatic rings. The number of rotatable bonds is 9. The van der Waals surface area contributed by atoms with Crippen LogP contribution in [-0.4, -0.2) is 52.5 Å². The van der Waals surface area contributed by atoms with Gasteiger partial charge < -0.3 is 10.2 Å². The molecule has 1 aromatic heterocycles. The van der Waals surface area contributed by atoms with Crippen LogP contribution in [0.5, 0.6) is 0 Å². The van der Waals surface area contributed by atoms with E-state index in [0.717, 1.165) is 5.69 Å². The number of aromatic nitrogens is 4. The Morgan fingerprint density at radius 1 is 1.07 bits per heavy atom. The van der Waals surface area contributed by atoms with E-state index in [9.17, 15) is 4.79 Å². The molecule has 0 bridgehead atoms. The quantitative estimate of drug-likeness (QED) is 0.512. The van der Waals surface area contributed by atoms with Crippen molar-refractivity contribution in [3.63, 3.8) is 0 Å². The predicted molar refractivity (Wildman–Crippen MR) is 119 cm³/mol. The lowest BCUT2D eigenvalue weighted by molar-refractivity contribution is -0.890. The van der Waals surface area contributed by atoms with Crippen LogP contribution < -0.4 is 10.2 Å². The molecule has 158 valence electrons. The van der Waals surface area contributed by atoms with Crippen molar-refractivity contribution in [2.75, 3.05) is 26.4 Å². The van der Waals surface area contributed by atoms with Crippen molar-refractivity contribution in [1.82, 2.24) is 25.5 Å². The Balaban J connectivity index is 1.57. The Kier molecular flexibility index (Phi) is 7.59. The monoisotopic (exact) mass is 425 g/mol. The SMILES string of the molecule is CC(C)c1ccc(-n2nnnc2SCC(=O)NC[C@H](c2ccccc2)[NH+](C)C)cc1. The van der Waals surface area contributed by atoms with Crippen LogP contribution in [0.4, 0.5) is 0 Å². The van der Waals surface area contributed by atoms with E-state index >= 15 is 0 Å². The van der Waals surface area contributed by atoms with Gasteiger partial charge in [0.2, 0.25) is 11.1 Å². The predicted octanol–water partition coefficient (Wildman–Crippen LogP) is 1.88. The highest BCUT2D eigenvalue weighted by Crippen LogP contribution is 2.20. The van der Waals surface area contributed by atoms with Crippen LogP contribution >= 0.6 is 11.8 Å². The maximum atomic E-state index is 12.4. The molecule has 1 atom stereocenters. The zero-order valence-electron chi connectivity index (χ0n) is 17.9. The Morgan fingerprint density at radius 2 is 1.77 bits per heavy atom. The minimum Gasteiger partial charge on any atom is -0.349 e. The molecular weight excluding hydrogens is 396 g/mol. The summed E-state index contributed by atoms with van der Waals surface area (Å²) in [5.41, 5.74) is 3.35. The van der Waals surface area contributed by atoms with Gasteiger partial charge in [-0.25, -0.2) is 0 Å². The number of quaternary nitrogens is 1. The van der Waals surface area contributed by atoms with Crippen molar-refractivity contribution in [1.29, 1.82) is 0 Å². The zero-order valence-corrected chi connectivity index (χ0v) is 18.7. The van der Waals surface area contributed by atoms with Crippen LogP contribution in [0.3, 0.4) is 0 Å². The smallest absolute Gasteiger partial charge is 0.230 e. The van der Waals surface area contributed by atoms with Crippen LogP contribution in [-0.2, 0) is 4.79 Å². The topological polar surface area (TPSA) is 77.1 Å². The van der Waals surface area contributed by atoms with Gasteiger partial charge in [-0.05, 0) is 34.0 Å². The third-order valence-electron chi connectivity index (χ3n) is 4.98. The Bertz CT molecular complexity index is 940. The fraction of sp³-hybridized carbons (Fsp3) is 0.364. The number of tetrazole rings is 1. The fourth-order valence-corrected chi connectivity index (χ4v) is 3.89. The van der Waals surface area contributed by atoms with Gasteiger partial charge in [-0.1, -0.05) is 68.1 Å². The van der Waals surface area contributed by atoms with Crippen LogP contribution in [0.25, 0.3) is 5.69 Å². The molecule has 8 heteroatoms. The second-order valence-electron chi connectivity index (χ2n) is 7.75. The largest absolute Gasteiger partial charge is 0.349 e. The number of likely N-dealkylation sites (N-methyl/N-ethyl adjacent to an activating group) is 1. The van der Waals surface area contributed by atoms with E-state index in [2.05, 4.69) is 73.1 Å². The average Bonchev–Trinajstić information content (AvgIpc) is 3.21. The van der Waals surface area contributed by atoms with E-state index in [0.29, 0.717) is 17.6 Å². The first-order chi connectivity index (χ1) is 14.5. The Morgan fingerprint density at radius 3 is 2.40 bits per heavy atom. The molecular formula is C22H29N6OS+. The molecule has 0 unspecified atom stereocenters. The zero-order chi connectivity index (χ0) is 21.5. The van der Waals surface area contributed by atoms with E-state index < -0.39 is 0 Å². The standard InChI is InChI=1S/C22H28N6OS/c1-16(2)17-10-12-19(13-11-17)28-22(24-25-26-28)30-15-21(29)23-14-20(27(3)4)18-8-6-5-7-9-18/h5-13,16,20H,14-15H2,1-4H3,(H,23,29)/p+1/t20-/m1/s1. The normalized spacial score (nSPS) is 12.3. The first-order valence-corrected chi connectivity index (χ1v) is 11.1. The van der Waals surface area contributed by atoms with Crippen molar-refractivity contribution in [2.45, 2.75) is 31.0 Å². The second-order valence-corrected chi connectivity index (χ2v) is 8.70. The van der Waals surface area contributed by atoms with Crippen LogP contribution in [0.15, 0.2) is 59.8 Å². The van der Waals surface area contributed by atoms with Gasteiger partial charge in [0, 0.05) is 5.56 Å². The molecule has 0 spiro atoms. The number of nitrogens with one attached hydrogen (secondary N) is 2. The molecule has 30 heavy (non-hydrogen) atoms. The summed E-state index contributed by atoms with van der Waals surface area (Å²) in [5.74, 6) is 0.690. The first-order valence-electron chi connectivity index (χ1n) is 10.1.